The van der Waals surface area contributed by atoms with Crippen molar-refractivity contribution in [3.05, 3.63) is 46.2 Å². The molecule has 4 heteroatoms. The third-order valence-electron chi connectivity index (χ3n) is 2.93. The van der Waals surface area contributed by atoms with Crippen LogP contribution in [-0.4, -0.2) is 15.6 Å². The molecule has 2 aromatic rings. The first-order valence-electron chi connectivity index (χ1n) is 5.79. The minimum atomic E-state index is 0.139. The lowest BCUT2D eigenvalue weighted by Crippen LogP contribution is -1.98. The summed E-state index contributed by atoms with van der Waals surface area (Å²) in [5, 5.41) is 5.16. The van der Waals surface area contributed by atoms with Gasteiger partial charge in [-0.3, -0.25) is 4.79 Å². The number of ketones is 1. The number of Topliss-reactive ketones (excluding diaryl/α,β-unsaturated/α-hetero) is 1. The van der Waals surface area contributed by atoms with Crippen molar-refractivity contribution in [3.63, 3.8) is 0 Å². The Morgan fingerprint density at radius 1 is 1.39 bits per heavy atom. The molecule has 0 aliphatic heterocycles. The summed E-state index contributed by atoms with van der Waals surface area (Å²) in [5.74, 6) is 0.139. The zero-order valence-corrected chi connectivity index (χ0v) is 11.5. The predicted octanol–water partition coefficient (Wildman–Crippen LogP) is 3.27. The SMILES string of the molecule is CC(=O)Cc1cn(-c2cccc(Cl)c2C)nc1C. The molecule has 2 rings (SSSR count). The van der Waals surface area contributed by atoms with Crippen LogP contribution in [0, 0.1) is 13.8 Å². The first kappa shape index (κ1) is 12.8. The molecule has 1 aromatic carbocycles. The number of nitrogens with zero attached hydrogens (tertiary/aromatic N) is 2. The molecule has 1 aromatic heterocycles. The number of benzene rings is 1. The second-order valence-electron chi connectivity index (χ2n) is 4.45. The van der Waals surface area contributed by atoms with Gasteiger partial charge in [-0.15, -0.1) is 0 Å². The van der Waals surface area contributed by atoms with Crippen LogP contribution in [-0.2, 0) is 11.2 Å². The molecule has 0 fully saturated rings. The van der Waals surface area contributed by atoms with Gasteiger partial charge >= 0.3 is 0 Å². The van der Waals surface area contributed by atoms with E-state index in [2.05, 4.69) is 5.10 Å². The molecule has 0 aliphatic rings. The first-order chi connectivity index (χ1) is 8.49. The summed E-state index contributed by atoms with van der Waals surface area (Å²) in [6.45, 7) is 5.45. The molecule has 0 radical (unpaired) electrons. The minimum absolute atomic E-state index is 0.139. The van der Waals surface area contributed by atoms with Gasteiger partial charge in [-0.05, 0) is 38.5 Å². The third kappa shape index (κ3) is 2.46. The van der Waals surface area contributed by atoms with Gasteiger partial charge in [0.25, 0.3) is 0 Å². The summed E-state index contributed by atoms with van der Waals surface area (Å²) in [5.41, 5.74) is 3.77. The molecular weight excluding hydrogens is 248 g/mol. The fourth-order valence-corrected chi connectivity index (χ4v) is 2.07. The van der Waals surface area contributed by atoms with Crippen LogP contribution in [0.3, 0.4) is 0 Å². The van der Waals surface area contributed by atoms with Crippen molar-refractivity contribution in [1.82, 2.24) is 9.78 Å². The average molecular weight is 263 g/mol. The fourth-order valence-electron chi connectivity index (χ4n) is 1.91. The Morgan fingerprint density at radius 3 is 2.78 bits per heavy atom. The van der Waals surface area contributed by atoms with E-state index in [-0.39, 0.29) is 5.78 Å². The van der Waals surface area contributed by atoms with Crippen LogP contribution in [0.1, 0.15) is 23.7 Å². The number of rotatable bonds is 3. The lowest BCUT2D eigenvalue weighted by Gasteiger charge is -2.06. The van der Waals surface area contributed by atoms with Crippen molar-refractivity contribution in [2.24, 2.45) is 0 Å². The van der Waals surface area contributed by atoms with Gasteiger partial charge in [0.15, 0.2) is 0 Å². The van der Waals surface area contributed by atoms with Crippen LogP contribution in [0.2, 0.25) is 5.02 Å². The highest BCUT2D eigenvalue weighted by Gasteiger charge is 2.10. The van der Waals surface area contributed by atoms with Gasteiger partial charge in [-0.25, -0.2) is 4.68 Å². The highest BCUT2D eigenvalue weighted by atomic mass is 35.5. The normalized spacial score (nSPS) is 10.7. The topological polar surface area (TPSA) is 34.9 Å². The summed E-state index contributed by atoms with van der Waals surface area (Å²) < 4.78 is 1.79. The molecule has 18 heavy (non-hydrogen) atoms. The van der Waals surface area contributed by atoms with Crippen LogP contribution in [0.4, 0.5) is 0 Å². The van der Waals surface area contributed by atoms with Crippen molar-refractivity contribution in [1.29, 1.82) is 0 Å². The van der Waals surface area contributed by atoms with Gasteiger partial charge in [-0.1, -0.05) is 17.7 Å². The second kappa shape index (κ2) is 4.94. The van der Waals surface area contributed by atoms with E-state index in [9.17, 15) is 4.79 Å². The second-order valence-corrected chi connectivity index (χ2v) is 4.85. The molecule has 0 saturated carbocycles. The molecule has 3 nitrogen and oxygen atoms in total. The van der Waals surface area contributed by atoms with Crippen molar-refractivity contribution >= 4 is 17.4 Å². The number of hydrogen-bond donors (Lipinski definition) is 0. The maximum Gasteiger partial charge on any atom is 0.134 e. The van der Waals surface area contributed by atoms with Crippen molar-refractivity contribution in [3.8, 4) is 5.69 Å². The Balaban J connectivity index is 2.46. The summed E-state index contributed by atoms with van der Waals surface area (Å²) in [6, 6.07) is 5.71. The average Bonchev–Trinajstić information content (AvgIpc) is 2.63. The van der Waals surface area contributed by atoms with Crippen molar-refractivity contribution < 1.29 is 4.79 Å². The number of carbonyl (C=O) groups excluding carboxylic acids is 1. The summed E-state index contributed by atoms with van der Waals surface area (Å²) in [7, 11) is 0. The van der Waals surface area contributed by atoms with Gasteiger partial charge in [0.2, 0.25) is 0 Å². The Labute approximate surface area is 111 Å². The van der Waals surface area contributed by atoms with E-state index < -0.39 is 0 Å². The number of hydrogen-bond acceptors (Lipinski definition) is 2. The van der Waals surface area contributed by atoms with Gasteiger partial charge in [0.05, 0.1) is 11.4 Å². The van der Waals surface area contributed by atoms with E-state index in [0.717, 1.165) is 22.5 Å². The Kier molecular flexibility index (Phi) is 3.53. The number of aryl methyl sites for hydroxylation is 1. The first-order valence-corrected chi connectivity index (χ1v) is 6.17. The highest BCUT2D eigenvalue weighted by Crippen LogP contribution is 2.22. The minimum Gasteiger partial charge on any atom is -0.300 e. The largest absolute Gasteiger partial charge is 0.300 e. The van der Waals surface area contributed by atoms with E-state index in [1.165, 1.54) is 0 Å². The third-order valence-corrected chi connectivity index (χ3v) is 3.34. The molecule has 0 bridgehead atoms. The summed E-state index contributed by atoms with van der Waals surface area (Å²) in [4.78, 5) is 11.2. The van der Waals surface area contributed by atoms with Crippen LogP contribution >= 0.6 is 11.6 Å². The lowest BCUT2D eigenvalue weighted by molar-refractivity contribution is -0.116. The molecular formula is C14H15ClN2O. The van der Waals surface area contributed by atoms with Crippen LogP contribution in [0.5, 0.6) is 0 Å². The Hall–Kier alpha value is -1.61. The van der Waals surface area contributed by atoms with Gasteiger partial charge < -0.3 is 0 Å². The molecule has 94 valence electrons. The highest BCUT2D eigenvalue weighted by molar-refractivity contribution is 6.31. The zero-order chi connectivity index (χ0) is 13.3. The monoisotopic (exact) mass is 262 g/mol. The molecule has 0 aliphatic carbocycles. The van der Waals surface area contributed by atoms with E-state index in [4.69, 9.17) is 11.6 Å². The van der Waals surface area contributed by atoms with Crippen LogP contribution in [0.25, 0.3) is 5.69 Å². The fraction of sp³-hybridized carbons (Fsp3) is 0.286. The predicted molar refractivity (Wildman–Crippen MR) is 72.4 cm³/mol. The number of halogens is 1. The summed E-state index contributed by atoms with van der Waals surface area (Å²) in [6.07, 6.45) is 2.32. The molecule has 0 saturated heterocycles. The number of aromatic nitrogens is 2. The standard InChI is InChI=1S/C14H15ClN2O/c1-9(18)7-12-8-17(16-11(12)3)14-6-4-5-13(15)10(14)2/h4-6,8H,7H2,1-3H3. The maximum atomic E-state index is 11.2. The molecule has 0 amide bonds. The van der Waals surface area contributed by atoms with E-state index in [1.807, 2.05) is 38.2 Å². The van der Waals surface area contributed by atoms with Gasteiger partial charge in [0.1, 0.15) is 5.78 Å². The molecule has 0 spiro atoms. The molecule has 0 unspecified atom stereocenters. The lowest BCUT2D eigenvalue weighted by atomic mass is 10.1. The van der Waals surface area contributed by atoms with Crippen molar-refractivity contribution in [2.75, 3.05) is 0 Å². The van der Waals surface area contributed by atoms with Gasteiger partial charge in [-0.2, -0.15) is 5.10 Å². The maximum absolute atomic E-state index is 11.2. The van der Waals surface area contributed by atoms with Crippen LogP contribution < -0.4 is 0 Å². The van der Waals surface area contributed by atoms with E-state index in [0.29, 0.717) is 11.4 Å². The van der Waals surface area contributed by atoms with Gasteiger partial charge in [0, 0.05) is 23.2 Å². The molecule has 0 atom stereocenters. The van der Waals surface area contributed by atoms with E-state index in [1.54, 1.807) is 11.6 Å². The smallest absolute Gasteiger partial charge is 0.134 e. The number of carbonyl (C=O) groups is 1. The Bertz CT molecular complexity index is 602. The van der Waals surface area contributed by atoms with Crippen molar-refractivity contribution in [2.45, 2.75) is 27.2 Å². The molecule has 1 heterocycles. The summed E-state index contributed by atoms with van der Waals surface area (Å²) >= 11 is 6.10. The molecule has 0 N–H and O–H groups in total. The zero-order valence-electron chi connectivity index (χ0n) is 10.7. The quantitative estimate of drug-likeness (QED) is 0.851. The van der Waals surface area contributed by atoms with E-state index >= 15 is 0 Å². The Morgan fingerprint density at radius 2 is 2.11 bits per heavy atom. The van der Waals surface area contributed by atoms with Crippen LogP contribution in [0.15, 0.2) is 24.4 Å².